The van der Waals surface area contributed by atoms with Gasteiger partial charge in [-0.1, -0.05) is 38.8 Å². The maximum atomic E-state index is 9.28. The summed E-state index contributed by atoms with van der Waals surface area (Å²) in [7, 11) is 0. The summed E-state index contributed by atoms with van der Waals surface area (Å²) in [6.07, 6.45) is 7.94. The van der Waals surface area contributed by atoms with E-state index in [0.29, 0.717) is 5.41 Å². The van der Waals surface area contributed by atoms with Gasteiger partial charge in [0.2, 0.25) is 0 Å². The van der Waals surface area contributed by atoms with Crippen molar-refractivity contribution >= 4 is 0 Å². The van der Waals surface area contributed by atoms with Crippen LogP contribution in [0.15, 0.2) is 11.6 Å². The Morgan fingerprint density at radius 3 is 2.24 bits per heavy atom. The summed E-state index contributed by atoms with van der Waals surface area (Å²) >= 11 is 0. The molecule has 0 heterocycles. The SMILES string of the molecule is CC(C)=CCCC(C)C(C)(C)CCCC(C)O. The van der Waals surface area contributed by atoms with Crippen LogP contribution in [0.25, 0.3) is 0 Å². The molecule has 0 bridgehead atoms. The summed E-state index contributed by atoms with van der Waals surface area (Å²) < 4.78 is 0. The lowest BCUT2D eigenvalue weighted by Crippen LogP contribution is -2.22. The second-order valence-corrected chi connectivity index (χ2v) is 6.49. The molecule has 0 saturated carbocycles. The number of aliphatic hydroxyl groups excluding tert-OH is 1. The summed E-state index contributed by atoms with van der Waals surface area (Å²) in [4.78, 5) is 0. The molecule has 17 heavy (non-hydrogen) atoms. The minimum absolute atomic E-state index is 0.146. The van der Waals surface area contributed by atoms with Crippen LogP contribution in [-0.4, -0.2) is 11.2 Å². The molecule has 1 heteroatoms. The zero-order valence-electron chi connectivity index (χ0n) is 12.7. The van der Waals surface area contributed by atoms with Crippen molar-refractivity contribution in [1.29, 1.82) is 0 Å². The Kier molecular flexibility index (Phi) is 7.78. The summed E-state index contributed by atoms with van der Waals surface area (Å²) in [6, 6.07) is 0. The van der Waals surface area contributed by atoms with Crippen LogP contribution in [0.1, 0.15) is 73.6 Å². The number of hydrogen-bond acceptors (Lipinski definition) is 1. The van der Waals surface area contributed by atoms with Gasteiger partial charge in [-0.15, -0.1) is 0 Å². The maximum Gasteiger partial charge on any atom is 0.0512 e. The molecule has 0 aliphatic heterocycles. The third kappa shape index (κ3) is 8.43. The van der Waals surface area contributed by atoms with Crippen LogP contribution < -0.4 is 0 Å². The number of rotatable bonds is 8. The molecule has 2 atom stereocenters. The van der Waals surface area contributed by atoms with Crippen LogP contribution >= 0.6 is 0 Å². The Morgan fingerprint density at radius 2 is 1.76 bits per heavy atom. The molecule has 0 amide bonds. The van der Waals surface area contributed by atoms with Crippen molar-refractivity contribution < 1.29 is 5.11 Å². The first kappa shape index (κ1) is 16.7. The van der Waals surface area contributed by atoms with Crippen molar-refractivity contribution in [3.8, 4) is 0 Å². The molecule has 0 aromatic rings. The average Bonchev–Trinajstić information content (AvgIpc) is 2.15. The molecule has 0 radical (unpaired) electrons. The van der Waals surface area contributed by atoms with Gasteiger partial charge >= 0.3 is 0 Å². The summed E-state index contributed by atoms with van der Waals surface area (Å²) in [5, 5.41) is 9.28. The van der Waals surface area contributed by atoms with E-state index in [4.69, 9.17) is 0 Å². The molecule has 0 fully saturated rings. The van der Waals surface area contributed by atoms with Gasteiger partial charge in [-0.3, -0.25) is 0 Å². The van der Waals surface area contributed by atoms with Gasteiger partial charge in [-0.2, -0.15) is 0 Å². The lowest BCUT2D eigenvalue weighted by Gasteiger charge is -2.32. The molecular formula is C16H32O. The van der Waals surface area contributed by atoms with E-state index < -0.39 is 0 Å². The Balaban J connectivity index is 3.97. The molecule has 0 saturated heterocycles. The standard InChI is InChI=1S/C16H32O/c1-13(2)9-7-10-14(3)16(5,6)12-8-11-15(4)17/h9,14-15,17H,7-8,10-12H2,1-6H3. The summed E-state index contributed by atoms with van der Waals surface area (Å²) in [5.41, 5.74) is 1.81. The zero-order chi connectivity index (χ0) is 13.5. The first-order valence-electron chi connectivity index (χ1n) is 7.07. The van der Waals surface area contributed by atoms with Gasteiger partial charge in [0.1, 0.15) is 0 Å². The van der Waals surface area contributed by atoms with Gasteiger partial charge in [0.05, 0.1) is 6.10 Å². The molecule has 0 aliphatic carbocycles. The fourth-order valence-electron chi connectivity index (χ4n) is 2.11. The van der Waals surface area contributed by atoms with Crippen molar-refractivity contribution in [3.05, 3.63) is 11.6 Å². The van der Waals surface area contributed by atoms with Crippen molar-refractivity contribution in [1.82, 2.24) is 0 Å². The van der Waals surface area contributed by atoms with Crippen molar-refractivity contribution in [2.24, 2.45) is 11.3 Å². The summed E-state index contributed by atoms with van der Waals surface area (Å²) in [6.45, 7) is 13.3. The predicted octanol–water partition coefficient (Wildman–Crippen LogP) is 4.95. The summed E-state index contributed by atoms with van der Waals surface area (Å²) in [5.74, 6) is 0.743. The third-order valence-electron chi connectivity index (χ3n) is 3.93. The Morgan fingerprint density at radius 1 is 1.18 bits per heavy atom. The fourth-order valence-corrected chi connectivity index (χ4v) is 2.11. The van der Waals surface area contributed by atoms with Crippen LogP contribution in [0.4, 0.5) is 0 Å². The van der Waals surface area contributed by atoms with E-state index in [9.17, 15) is 5.11 Å². The molecule has 1 nitrogen and oxygen atoms in total. The van der Waals surface area contributed by atoms with Gasteiger partial charge < -0.3 is 5.11 Å². The maximum absolute atomic E-state index is 9.28. The number of aliphatic hydroxyl groups is 1. The minimum Gasteiger partial charge on any atom is -0.393 e. The second-order valence-electron chi connectivity index (χ2n) is 6.49. The highest BCUT2D eigenvalue weighted by molar-refractivity contribution is 4.93. The van der Waals surface area contributed by atoms with Crippen molar-refractivity contribution in [2.75, 3.05) is 0 Å². The normalized spacial score (nSPS) is 15.5. The highest BCUT2D eigenvalue weighted by atomic mass is 16.3. The van der Waals surface area contributed by atoms with Crippen molar-refractivity contribution in [2.45, 2.75) is 79.8 Å². The molecular weight excluding hydrogens is 208 g/mol. The van der Waals surface area contributed by atoms with Gasteiger partial charge in [0.25, 0.3) is 0 Å². The van der Waals surface area contributed by atoms with Crippen LogP contribution in [0.3, 0.4) is 0 Å². The molecule has 0 aromatic heterocycles. The Hall–Kier alpha value is -0.300. The lowest BCUT2D eigenvalue weighted by atomic mass is 9.74. The molecule has 2 unspecified atom stereocenters. The smallest absolute Gasteiger partial charge is 0.0512 e. The van der Waals surface area contributed by atoms with Gasteiger partial charge in [-0.05, 0) is 57.8 Å². The monoisotopic (exact) mass is 240 g/mol. The Labute approximate surface area is 108 Å². The largest absolute Gasteiger partial charge is 0.393 e. The highest BCUT2D eigenvalue weighted by Crippen LogP contribution is 2.35. The van der Waals surface area contributed by atoms with E-state index in [1.807, 2.05) is 6.92 Å². The molecule has 0 rings (SSSR count). The van der Waals surface area contributed by atoms with Gasteiger partial charge in [-0.25, -0.2) is 0 Å². The highest BCUT2D eigenvalue weighted by Gasteiger charge is 2.24. The van der Waals surface area contributed by atoms with E-state index in [2.05, 4.69) is 40.7 Å². The van der Waals surface area contributed by atoms with Crippen LogP contribution in [-0.2, 0) is 0 Å². The molecule has 0 spiro atoms. The van der Waals surface area contributed by atoms with Crippen molar-refractivity contribution in [3.63, 3.8) is 0 Å². The van der Waals surface area contributed by atoms with E-state index >= 15 is 0 Å². The first-order valence-corrected chi connectivity index (χ1v) is 7.07. The van der Waals surface area contributed by atoms with E-state index in [1.54, 1.807) is 0 Å². The first-order chi connectivity index (χ1) is 7.75. The molecule has 0 aliphatic rings. The second kappa shape index (κ2) is 7.92. The Bertz CT molecular complexity index is 222. The molecule has 0 aromatic carbocycles. The van der Waals surface area contributed by atoms with Gasteiger partial charge in [0, 0.05) is 0 Å². The quantitative estimate of drug-likeness (QED) is 0.595. The van der Waals surface area contributed by atoms with Crippen LogP contribution in [0.2, 0.25) is 0 Å². The zero-order valence-corrected chi connectivity index (χ0v) is 12.7. The fraction of sp³-hybridized carbons (Fsp3) is 0.875. The lowest BCUT2D eigenvalue weighted by molar-refractivity contribution is 0.154. The molecule has 102 valence electrons. The third-order valence-corrected chi connectivity index (χ3v) is 3.93. The van der Waals surface area contributed by atoms with E-state index in [0.717, 1.165) is 18.8 Å². The van der Waals surface area contributed by atoms with E-state index in [1.165, 1.54) is 24.8 Å². The number of hydrogen-bond donors (Lipinski definition) is 1. The average molecular weight is 240 g/mol. The van der Waals surface area contributed by atoms with Gasteiger partial charge in [0.15, 0.2) is 0 Å². The van der Waals surface area contributed by atoms with Crippen LogP contribution in [0, 0.1) is 11.3 Å². The number of allylic oxidation sites excluding steroid dienone is 2. The van der Waals surface area contributed by atoms with E-state index in [-0.39, 0.29) is 6.10 Å². The topological polar surface area (TPSA) is 20.2 Å². The molecule has 1 N–H and O–H groups in total. The van der Waals surface area contributed by atoms with Crippen LogP contribution in [0.5, 0.6) is 0 Å². The predicted molar refractivity (Wildman–Crippen MR) is 77.1 cm³/mol. The minimum atomic E-state index is -0.146.